The molecule has 1 atom stereocenters. The van der Waals surface area contributed by atoms with Crippen molar-refractivity contribution in [2.45, 2.75) is 339 Å². The van der Waals surface area contributed by atoms with Gasteiger partial charge in [-0.25, -0.2) is 4.98 Å². The molecular formula is C104H215N21O5. The first kappa shape index (κ1) is 121. The van der Waals surface area contributed by atoms with Gasteiger partial charge in [-0.2, -0.15) is 0 Å². The van der Waals surface area contributed by atoms with Crippen molar-refractivity contribution in [2.75, 3.05) is 295 Å². The number of likely N-dealkylation sites (tertiary alicyclic amines) is 3. The molecule has 12 heterocycles. The van der Waals surface area contributed by atoms with Gasteiger partial charge in [-0.1, -0.05) is 0 Å². The molecule has 6 N–H and O–H groups in total. The molecule has 0 spiro atoms. The summed E-state index contributed by atoms with van der Waals surface area (Å²) in [6, 6.07) is 5.03. The Hall–Kier alpha value is -2.72. The fourth-order valence-corrected chi connectivity index (χ4v) is 17.4. The van der Waals surface area contributed by atoms with E-state index in [1.807, 2.05) is 31.1 Å². The van der Waals surface area contributed by atoms with Gasteiger partial charge in [0.1, 0.15) is 0 Å². The molecule has 10 saturated heterocycles. The molecule has 0 aromatic carbocycles. The molecular weight excluding hydrogens is 1620 g/mol. The molecule has 26 heteroatoms. The van der Waals surface area contributed by atoms with Gasteiger partial charge >= 0.3 is 0 Å². The third-order valence-electron chi connectivity index (χ3n) is 26.7. The molecule has 10 aliphatic rings. The first-order valence-electron chi connectivity index (χ1n) is 51.5. The average Bonchev–Trinajstić information content (AvgIpc) is 1.14. The monoisotopic (exact) mass is 1840 g/mol. The Labute approximate surface area is 802 Å². The average molecular weight is 1840 g/mol. The van der Waals surface area contributed by atoms with Crippen molar-refractivity contribution in [1.82, 2.24) is 99.1 Å². The topological polar surface area (TPSA) is 195 Å². The highest BCUT2D eigenvalue weighted by atomic mass is 16.5. The predicted molar refractivity (Wildman–Crippen MR) is 556 cm³/mol. The quantitative estimate of drug-likeness (QED) is 0.0868. The number of imidazole rings is 1. The number of aliphatic hydroxyl groups is 3. The first-order chi connectivity index (χ1) is 60.4. The number of nitrogens with one attached hydrogen (secondary N) is 3. The number of piperazine rings is 4. The summed E-state index contributed by atoms with van der Waals surface area (Å²) in [6.45, 7) is 114. The van der Waals surface area contributed by atoms with Crippen LogP contribution in [0.4, 0.5) is 5.69 Å². The first-order valence-corrected chi connectivity index (χ1v) is 51.5. The number of aryl methyl sites for hydroxylation is 1. The fourth-order valence-electron chi connectivity index (χ4n) is 17.4. The lowest BCUT2D eigenvalue weighted by Gasteiger charge is -2.46. The number of nitrogens with zero attached hydrogens (tertiary/aromatic N) is 18. The fraction of sp³-hybridized carbons (Fsp3) is 0.923. The van der Waals surface area contributed by atoms with E-state index in [-0.39, 0.29) is 34.4 Å². The zero-order chi connectivity index (χ0) is 97.8. The number of piperidine rings is 1. The number of β-amino-alcohol motifs (C(OH)–C–C–N with tert-alkyl or cyclic N) is 2. The van der Waals surface area contributed by atoms with Gasteiger partial charge in [0.15, 0.2) is 0 Å². The van der Waals surface area contributed by atoms with E-state index in [9.17, 15) is 5.11 Å². The lowest BCUT2D eigenvalue weighted by molar-refractivity contribution is -0.0485. The molecule has 0 saturated carbocycles. The van der Waals surface area contributed by atoms with Gasteiger partial charge in [-0.05, 0) is 344 Å². The van der Waals surface area contributed by atoms with E-state index in [2.05, 4.69) is 338 Å². The van der Waals surface area contributed by atoms with Crippen LogP contribution in [0.1, 0.15) is 259 Å². The second-order valence-corrected chi connectivity index (χ2v) is 48.3. The van der Waals surface area contributed by atoms with E-state index in [4.69, 9.17) is 19.7 Å². The number of aromatic nitrogens is 3. The Bertz CT molecular complexity index is 2990. The highest BCUT2D eigenvalue weighted by Crippen LogP contribution is 2.26. The van der Waals surface area contributed by atoms with Gasteiger partial charge in [-0.15, -0.1) is 0 Å². The second kappa shape index (κ2) is 60.3. The number of methoxy groups -OCH3 is 1. The van der Waals surface area contributed by atoms with Gasteiger partial charge in [0, 0.05) is 295 Å². The molecule has 0 aliphatic carbocycles. The van der Waals surface area contributed by atoms with Crippen molar-refractivity contribution in [1.29, 1.82) is 0 Å². The number of aliphatic hydroxyl groups excluding tert-OH is 3. The highest BCUT2D eigenvalue weighted by Gasteiger charge is 2.36. The molecule has 2 aromatic heterocycles. The lowest BCUT2D eigenvalue weighted by atomic mass is 9.99. The van der Waals surface area contributed by atoms with Crippen LogP contribution in [0.15, 0.2) is 43.2 Å². The van der Waals surface area contributed by atoms with Crippen LogP contribution >= 0.6 is 0 Å². The Kier molecular flexibility index (Phi) is 56.3. The Morgan fingerprint density at radius 1 is 0.385 bits per heavy atom. The van der Waals surface area contributed by atoms with Crippen molar-refractivity contribution < 1.29 is 24.8 Å². The minimum absolute atomic E-state index is 0.0655. The van der Waals surface area contributed by atoms with E-state index in [0.29, 0.717) is 39.8 Å². The van der Waals surface area contributed by atoms with E-state index in [1.54, 1.807) is 7.11 Å². The van der Waals surface area contributed by atoms with Gasteiger partial charge in [0.2, 0.25) is 0 Å². The lowest BCUT2D eigenvalue weighted by Crippen LogP contribution is -2.58. The molecule has 2 aromatic rings. The van der Waals surface area contributed by atoms with E-state index >= 15 is 0 Å². The highest BCUT2D eigenvalue weighted by molar-refractivity contribution is 5.45. The Morgan fingerprint density at radius 3 is 1.19 bits per heavy atom. The van der Waals surface area contributed by atoms with Gasteiger partial charge in [0.05, 0.1) is 38.4 Å². The predicted octanol–water partition coefficient (Wildman–Crippen LogP) is 11.9. The minimum atomic E-state index is -0.0841. The molecule has 130 heavy (non-hydrogen) atoms. The Morgan fingerprint density at radius 2 is 0.785 bits per heavy atom. The van der Waals surface area contributed by atoms with Crippen LogP contribution in [-0.2, 0) is 16.0 Å². The van der Waals surface area contributed by atoms with Crippen LogP contribution in [-0.4, -0.2) is 462 Å². The molecule has 10 fully saturated rings. The summed E-state index contributed by atoms with van der Waals surface area (Å²) in [5.74, 6) is 0. The van der Waals surface area contributed by atoms with Crippen molar-refractivity contribution in [3.05, 3.63) is 43.2 Å². The third kappa shape index (κ3) is 55.2. The number of pyridine rings is 1. The second-order valence-electron chi connectivity index (χ2n) is 48.3. The zero-order valence-corrected chi connectivity index (χ0v) is 91.3. The van der Waals surface area contributed by atoms with E-state index < -0.39 is 0 Å². The summed E-state index contributed by atoms with van der Waals surface area (Å²) in [7, 11) is 6.23. The number of morpholine rings is 1. The van der Waals surface area contributed by atoms with Gasteiger partial charge in [-0.3, -0.25) is 58.9 Å². The molecule has 26 nitrogen and oxygen atoms in total. The number of anilines is 1. The molecule has 0 radical (unpaired) electrons. The summed E-state index contributed by atoms with van der Waals surface area (Å²) in [6.07, 6.45) is 18.8. The third-order valence-corrected chi connectivity index (χ3v) is 26.7. The summed E-state index contributed by atoms with van der Waals surface area (Å²) < 4.78 is 12.5. The molecule has 0 amide bonds. The van der Waals surface area contributed by atoms with Crippen LogP contribution in [0.2, 0.25) is 0 Å². The largest absolute Gasteiger partial charge is 0.396 e. The molecule has 1 unspecified atom stereocenters. The summed E-state index contributed by atoms with van der Waals surface area (Å²) in [5.41, 5.74) is 4.25. The summed E-state index contributed by atoms with van der Waals surface area (Å²) >= 11 is 0. The van der Waals surface area contributed by atoms with Crippen LogP contribution < -0.4 is 20.9 Å². The summed E-state index contributed by atoms with van der Waals surface area (Å²) in [4.78, 5) is 45.5. The van der Waals surface area contributed by atoms with Gasteiger partial charge in [0.25, 0.3) is 0 Å². The number of rotatable bonds is 16. The maximum Gasteiger partial charge on any atom is 0.0945 e. The molecule has 766 valence electrons. The number of hydrogen-bond acceptors (Lipinski definition) is 25. The zero-order valence-electron chi connectivity index (χ0n) is 91.3. The number of likely N-dealkylation sites (N-methyl/N-ethyl adjacent to an activating group) is 1. The van der Waals surface area contributed by atoms with Crippen molar-refractivity contribution in [3.8, 4) is 0 Å². The normalized spacial score (nSPS) is 22.0. The smallest absolute Gasteiger partial charge is 0.0945 e. The van der Waals surface area contributed by atoms with Crippen LogP contribution in [0.5, 0.6) is 0 Å². The minimum Gasteiger partial charge on any atom is -0.396 e. The maximum absolute atomic E-state index is 9.22. The Balaban J connectivity index is 0.000000374. The number of hydrogen-bond donors (Lipinski definition) is 6. The van der Waals surface area contributed by atoms with Crippen molar-refractivity contribution in [2.24, 2.45) is 0 Å². The van der Waals surface area contributed by atoms with Crippen molar-refractivity contribution >= 4 is 5.69 Å². The van der Waals surface area contributed by atoms with E-state index in [1.165, 1.54) is 156 Å². The van der Waals surface area contributed by atoms with Crippen LogP contribution in [0, 0.1) is 0 Å². The standard InChI is InChI=1S/C14H29N3.C13H21N3.3C11H24N2O.C10H19N3.C10H22N2.C9H20N2.C8H17NO.C7H15NO/c1-14(2,3)17-11-9-16(10-12-17)13-5-7-15(4)8-6-13;1-13(2,3)16-10-8-15(9-11-16)12-4-6-14-7-5-12;1-11(2,3)13-7-5-12(6-8-13)9-10-14-4;1-11(2,3)13-8-6-12(7-9-13)5-4-10-14;1-11(2,3)12-5-4-6-13-7-9-14-10-8-13;1-10(2,3)12-5-4-7-13-8-6-11-9-13;1-10(2,3)12-7-5-6-11(4)8-9-12;1-9(2,3)11-7-4-5-10-6-8-11;1-8(2,3)9-5-4-7(10)6-9;1-7(2,3)8-4-6(9)5-8/h13H,5-12H2,1-4H3;4-7H,8-11H2,1-3H3;5-10H2,1-4H3;14H,4-10H2,1-3H3;12H,4-10H2,1-3H3;6,8-9,12H,4-5,7H2,1-3H3;5-9H2,1-4H3;10H,4-8H2,1-3H3;7,10H,4-6H2,1-3H3;6,9H,4-5H2,1-3H3. The van der Waals surface area contributed by atoms with Crippen LogP contribution in [0.25, 0.3) is 0 Å². The molecule has 12 rings (SSSR count). The summed E-state index contributed by atoms with van der Waals surface area (Å²) in [5, 5.41) is 37.3. The van der Waals surface area contributed by atoms with Crippen LogP contribution in [0.3, 0.4) is 0 Å². The molecule has 0 bridgehead atoms. The van der Waals surface area contributed by atoms with E-state index in [0.717, 1.165) is 176 Å². The maximum atomic E-state index is 9.22. The van der Waals surface area contributed by atoms with Crippen molar-refractivity contribution in [3.63, 3.8) is 0 Å². The molecule has 10 aliphatic heterocycles. The van der Waals surface area contributed by atoms with Gasteiger partial charge < -0.3 is 64.9 Å². The number of ether oxygens (including phenoxy) is 2. The SMILES string of the molecule is CC(C)(C)N1CC(O)C1.CC(C)(C)N1CCC(O)C1.CC(C)(C)N1CCCNCC1.CC(C)(C)N1CCN(CCCO)CC1.CC(C)(C)N1CCN(c2ccncc2)CC1.CC(C)(C)NCCCN1CCOCC1.CC(C)(C)NCCCn1ccnc1.CN1CCC(N2CCN(C(C)(C)C)CC2)CC1.CN1CCCN(C(C)(C)C)CC1.COCCN1CCN(C(C)(C)C)CC1.